The van der Waals surface area contributed by atoms with Gasteiger partial charge in [0.15, 0.2) is 6.29 Å². The van der Waals surface area contributed by atoms with Crippen LogP contribution < -0.4 is 9.47 Å². The molecule has 0 aromatic heterocycles. The van der Waals surface area contributed by atoms with E-state index in [1.807, 2.05) is 13.8 Å². The molecule has 8 aliphatic rings. The number of hydrogen-bond acceptors (Lipinski definition) is 12. The summed E-state index contributed by atoms with van der Waals surface area (Å²) in [6.45, 7) is 18.3. The molecule has 328 valence electrons. The van der Waals surface area contributed by atoms with Crippen molar-refractivity contribution >= 4 is 5.97 Å². The molecule has 2 bridgehead atoms. The molecular formula is C48H64O12. The summed E-state index contributed by atoms with van der Waals surface area (Å²) >= 11 is 0. The molecule has 4 heterocycles. The number of benzene rings is 2. The van der Waals surface area contributed by atoms with Gasteiger partial charge >= 0.3 is 5.97 Å². The van der Waals surface area contributed by atoms with Gasteiger partial charge in [-0.3, -0.25) is 4.79 Å². The van der Waals surface area contributed by atoms with Crippen molar-refractivity contribution in [1.29, 1.82) is 0 Å². The van der Waals surface area contributed by atoms with Crippen LogP contribution in [0.3, 0.4) is 0 Å². The molecule has 0 saturated heterocycles. The highest BCUT2D eigenvalue weighted by molar-refractivity contribution is 5.66. The summed E-state index contributed by atoms with van der Waals surface area (Å²) in [6.07, 6.45) is -1.81. The highest BCUT2D eigenvalue weighted by atomic mass is 16.7. The maximum absolute atomic E-state index is 12.5. The molecule has 0 amide bonds. The number of phenolic OH excluding ortho intramolecular Hbond substituents is 2. The zero-order valence-electron chi connectivity index (χ0n) is 36.5. The maximum Gasteiger partial charge on any atom is 0.303 e. The lowest BCUT2D eigenvalue weighted by molar-refractivity contribution is -0.247. The Kier molecular flexibility index (Phi) is 8.69. The summed E-state index contributed by atoms with van der Waals surface area (Å²) in [6, 6.07) is 3.32. The number of phenols is 2. The predicted octanol–water partition coefficient (Wildman–Crippen LogP) is 6.76. The quantitative estimate of drug-likeness (QED) is 0.166. The smallest absolute Gasteiger partial charge is 0.303 e. The minimum Gasteiger partial charge on any atom is -0.508 e. The van der Waals surface area contributed by atoms with Crippen LogP contribution in [0.25, 0.3) is 0 Å². The van der Waals surface area contributed by atoms with Crippen molar-refractivity contribution < 1.29 is 59.1 Å². The van der Waals surface area contributed by atoms with E-state index in [0.717, 1.165) is 25.7 Å². The van der Waals surface area contributed by atoms with Gasteiger partial charge in [-0.15, -0.1) is 0 Å². The number of rotatable bonds is 1. The van der Waals surface area contributed by atoms with Crippen molar-refractivity contribution in [2.75, 3.05) is 0 Å². The van der Waals surface area contributed by atoms with Gasteiger partial charge in [0, 0.05) is 52.7 Å². The van der Waals surface area contributed by atoms with E-state index in [1.54, 1.807) is 12.1 Å². The molecule has 2 spiro atoms. The SMILES string of the molecule is CC(=O)O[C@@H]1[C@H](O)C[C@@]2(C)[C@@H](CC[C@@H](C)[C@]23Cc2c(O)cc4c(c2O3)[C@H]2OCc3cc(O)c5c(c3[C@H](O2)[C@H]4O)O[C@]2(C5)[C@H](C)CC[C@H]3C(C)(C)[C@H](O)[C@H](O)C[C@@]32C)C1(C)C. The summed E-state index contributed by atoms with van der Waals surface area (Å²) in [4.78, 5) is 12.2. The van der Waals surface area contributed by atoms with E-state index in [4.69, 9.17) is 23.7 Å². The maximum atomic E-state index is 12.5. The van der Waals surface area contributed by atoms with E-state index >= 15 is 0 Å². The highest BCUT2D eigenvalue weighted by Crippen LogP contribution is 2.71. The summed E-state index contributed by atoms with van der Waals surface area (Å²) in [5.41, 5.74) is -0.581. The van der Waals surface area contributed by atoms with Gasteiger partial charge < -0.3 is 54.3 Å². The fourth-order valence-corrected chi connectivity index (χ4v) is 15.6. The van der Waals surface area contributed by atoms with Crippen molar-refractivity contribution in [3.63, 3.8) is 0 Å². The minimum absolute atomic E-state index is 0.00609. The third kappa shape index (κ3) is 4.92. The fraction of sp³-hybridized carbons (Fsp3) is 0.729. The molecule has 4 fully saturated rings. The second-order valence-electron chi connectivity index (χ2n) is 22.0. The minimum atomic E-state index is -1.27. The topological polar surface area (TPSA) is 185 Å². The third-order valence-electron chi connectivity index (χ3n) is 18.6. The number of aliphatic hydroxyl groups is 4. The van der Waals surface area contributed by atoms with Gasteiger partial charge in [-0.2, -0.15) is 0 Å². The van der Waals surface area contributed by atoms with Gasteiger partial charge in [-0.05, 0) is 90.9 Å². The largest absolute Gasteiger partial charge is 0.508 e. The van der Waals surface area contributed by atoms with E-state index in [1.165, 1.54) is 6.92 Å². The van der Waals surface area contributed by atoms with Crippen LogP contribution in [0.4, 0.5) is 0 Å². The second kappa shape index (κ2) is 12.7. The Morgan fingerprint density at radius 1 is 0.733 bits per heavy atom. The standard InChI is InChI=1S/C48H64O12/c1-21-10-12-32-43(4,5)40(55)30(52)18-45(32,8)47(21)16-26-28(50)14-24-20-56-42-35-25(36(54)39(58-42)34(24)37(26)59-47)15-29(51)27-17-48(60-38(27)35)22(2)11-13-33-44(6,7)41(57-23(3)49)31(53)19-46(33,48)9/h14-15,21-22,30-33,36,39-42,50-55H,10-13,16-20H2,1-9H3/t21-,22-,30-,31-,32+,33+,36+,39+,40-,41-,42+,45+,46+,47-,48-/m1/s1. The molecule has 4 saturated carbocycles. The molecular weight excluding hydrogens is 769 g/mol. The molecule has 15 atom stereocenters. The number of fused-ring (bicyclic) bond motifs is 14. The molecule has 6 N–H and O–H groups in total. The summed E-state index contributed by atoms with van der Waals surface area (Å²) < 4.78 is 33.9. The number of esters is 1. The first-order chi connectivity index (χ1) is 28.0. The van der Waals surface area contributed by atoms with Crippen molar-refractivity contribution in [2.24, 2.45) is 45.3 Å². The Bertz CT molecular complexity index is 2170. The van der Waals surface area contributed by atoms with E-state index in [9.17, 15) is 35.4 Å². The number of ether oxygens (including phenoxy) is 5. The van der Waals surface area contributed by atoms with E-state index in [2.05, 4.69) is 41.5 Å². The van der Waals surface area contributed by atoms with Crippen LogP contribution in [-0.4, -0.2) is 72.2 Å². The first-order valence-corrected chi connectivity index (χ1v) is 22.3. The lowest BCUT2D eigenvalue weighted by atomic mass is 9.43. The van der Waals surface area contributed by atoms with Gasteiger partial charge in [0.25, 0.3) is 0 Å². The van der Waals surface area contributed by atoms with Gasteiger partial charge in [0.1, 0.15) is 52.5 Å². The Morgan fingerprint density at radius 3 is 1.85 bits per heavy atom. The molecule has 12 nitrogen and oxygen atoms in total. The van der Waals surface area contributed by atoms with Crippen molar-refractivity contribution in [3.8, 4) is 23.0 Å². The predicted molar refractivity (Wildman–Crippen MR) is 217 cm³/mol. The number of carbonyl (C=O) groups excluding carboxylic acids is 1. The molecule has 4 aliphatic carbocycles. The molecule has 12 heteroatoms. The van der Waals surface area contributed by atoms with Crippen LogP contribution in [0.5, 0.6) is 23.0 Å². The van der Waals surface area contributed by atoms with Gasteiger partial charge in [0.2, 0.25) is 0 Å². The normalized spacial score (nSPS) is 45.2. The van der Waals surface area contributed by atoms with Crippen LogP contribution in [0.15, 0.2) is 12.1 Å². The first-order valence-electron chi connectivity index (χ1n) is 22.3. The Balaban J connectivity index is 1.04. The first kappa shape index (κ1) is 40.9. The van der Waals surface area contributed by atoms with Crippen molar-refractivity contribution in [1.82, 2.24) is 0 Å². The average Bonchev–Trinajstić information content (AvgIpc) is 3.74. The zero-order chi connectivity index (χ0) is 43.0. The molecule has 60 heavy (non-hydrogen) atoms. The van der Waals surface area contributed by atoms with E-state index in [0.29, 0.717) is 70.6 Å². The molecule has 2 aromatic rings. The van der Waals surface area contributed by atoms with E-state index < -0.39 is 81.7 Å². The number of aromatic hydroxyl groups is 2. The van der Waals surface area contributed by atoms with Crippen LogP contribution in [-0.2, 0) is 38.5 Å². The monoisotopic (exact) mass is 832 g/mol. The van der Waals surface area contributed by atoms with Crippen LogP contribution in [0.1, 0.15) is 153 Å². The van der Waals surface area contributed by atoms with Crippen molar-refractivity contribution in [2.45, 2.75) is 174 Å². The molecule has 2 aromatic carbocycles. The van der Waals surface area contributed by atoms with Crippen LogP contribution >= 0.6 is 0 Å². The molecule has 0 radical (unpaired) electrons. The van der Waals surface area contributed by atoms with Gasteiger partial charge in [0.05, 0.1) is 30.5 Å². The van der Waals surface area contributed by atoms with E-state index in [-0.39, 0.29) is 41.8 Å². The second-order valence-corrected chi connectivity index (χ2v) is 22.0. The Hall–Kier alpha value is -3.13. The Morgan fingerprint density at radius 2 is 1.27 bits per heavy atom. The zero-order valence-corrected chi connectivity index (χ0v) is 36.5. The molecule has 4 aliphatic heterocycles. The van der Waals surface area contributed by atoms with Crippen LogP contribution in [0.2, 0.25) is 0 Å². The lowest BCUT2D eigenvalue weighted by Gasteiger charge is -2.65. The average molecular weight is 833 g/mol. The summed E-state index contributed by atoms with van der Waals surface area (Å²) in [5, 5.41) is 70.5. The number of hydrogen-bond donors (Lipinski definition) is 6. The third-order valence-corrected chi connectivity index (χ3v) is 18.6. The number of carbonyl (C=O) groups is 1. The number of aliphatic hydroxyl groups excluding tert-OH is 4. The van der Waals surface area contributed by atoms with Gasteiger partial charge in [-0.1, -0.05) is 55.4 Å². The molecule has 0 unspecified atom stereocenters. The Labute approximate surface area is 352 Å². The highest BCUT2D eigenvalue weighted by Gasteiger charge is 2.71. The summed E-state index contributed by atoms with van der Waals surface area (Å²) in [5.74, 6) is 0.657. The lowest BCUT2D eigenvalue weighted by Crippen LogP contribution is -2.69. The molecule has 10 rings (SSSR count). The summed E-state index contributed by atoms with van der Waals surface area (Å²) in [7, 11) is 0. The van der Waals surface area contributed by atoms with Gasteiger partial charge in [-0.25, -0.2) is 0 Å². The van der Waals surface area contributed by atoms with Crippen LogP contribution in [0, 0.1) is 45.3 Å². The fourth-order valence-electron chi connectivity index (χ4n) is 15.6. The van der Waals surface area contributed by atoms with Crippen molar-refractivity contribution in [3.05, 3.63) is 45.5 Å².